The molecule has 23 heavy (non-hydrogen) atoms. The fraction of sp³-hybridized carbons (Fsp3) is 0.588. The van der Waals surface area contributed by atoms with Gasteiger partial charge in [0.05, 0.1) is 25.4 Å². The van der Waals surface area contributed by atoms with E-state index in [-0.39, 0.29) is 6.09 Å². The molecule has 1 aromatic carbocycles. The number of anilines is 1. The van der Waals surface area contributed by atoms with Crippen LogP contribution in [0.1, 0.15) is 33.6 Å². The minimum atomic E-state index is -0.537. The molecule has 0 atom stereocenters. The third-order valence-electron chi connectivity index (χ3n) is 4.00. The maximum Gasteiger partial charge on any atom is 0.415 e. The third-order valence-corrected chi connectivity index (χ3v) is 4.50. The normalized spacial score (nSPS) is 19.9. The van der Waals surface area contributed by atoms with Crippen molar-refractivity contribution in [2.24, 2.45) is 0 Å². The molecule has 0 aliphatic carbocycles. The standard InChI is InChI=1S/C17H22BrNO4/c1-16(2,3)23-15(20)19-11-17(6-8-21-9-7-17)22-14-5-4-12(18)10-13(14)19/h4-5,10H,6-9,11H2,1-3H3. The van der Waals surface area contributed by atoms with Crippen LogP contribution in [0, 0.1) is 0 Å². The molecule has 0 N–H and O–H groups in total. The lowest BCUT2D eigenvalue weighted by molar-refractivity contribution is -0.0466. The molecule has 1 spiro atoms. The van der Waals surface area contributed by atoms with E-state index in [9.17, 15) is 4.79 Å². The second kappa shape index (κ2) is 5.98. The van der Waals surface area contributed by atoms with Crippen LogP contribution in [-0.2, 0) is 9.47 Å². The van der Waals surface area contributed by atoms with Crippen LogP contribution in [0.3, 0.4) is 0 Å². The number of carbonyl (C=O) groups is 1. The Balaban J connectivity index is 1.95. The average molecular weight is 384 g/mol. The molecule has 1 aromatic rings. The molecule has 1 amide bonds. The molecule has 5 nitrogen and oxygen atoms in total. The Morgan fingerprint density at radius 2 is 2.00 bits per heavy atom. The van der Waals surface area contributed by atoms with Crippen molar-refractivity contribution in [3.63, 3.8) is 0 Å². The molecule has 0 radical (unpaired) electrons. The lowest BCUT2D eigenvalue weighted by Crippen LogP contribution is -2.56. The van der Waals surface area contributed by atoms with E-state index in [0.717, 1.165) is 23.0 Å². The highest BCUT2D eigenvalue weighted by molar-refractivity contribution is 9.10. The summed E-state index contributed by atoms with van der Waals surface area (Å²) in [5, 5.41) is 0. The predicted molar refractivity (Wildman–Crippen MR) is 91.1 cm³/mol. The molecule has 0 bridgehead atoms. The van der Waals surface area contributed by atoms with E-state index in [1.165, 1.54) is 0 Å². The Hall–Kier alpha value is -1.27. The number of nitrogens with zero attached hydrogens (tertiary/aromatic N) is 1. The summed E-state index contributed by atoms with van der Waals surface area (Å²) in [4.78, 5) is 14.4. The maximum absolute atomic E-state index is 12.7. The van der Waals surface area contributed by atoms with Gasteiger partial charge in [0.15, 0.2) is 0 Å². The fourth-order valence-corrected chi connectivity index (χ4v) is 3.26. The van der Waals surface area contributed by atoms with E-state index >= 15 is 0 Å². The van der Waals surface area contributed by atoms with Crippen LogP contribution in [0.4, 0.5) is 10.5 Å². The van der Waals surface area contributed by atoms with E-state index in [4.69, 9.17) is 14.2 Å². The summed E-state index contributed by atoms with van der Waals surface area (Å²) in [6.45, 7) is 7.39. The molecule has 6 heteroatoms. The van der Waals surface area contributed by atoms with Crippen LogP contribution in [0.2, 0.25) is 0 Å². The molecule has 0 saturated carbocycles. The first-order chi connectivity index (χ1) is 10.8. The lowest BCUT2D eigenvalue weighted by atomic mass is 9.91. The number of hydrogen-bond donors (Lipinski definition) is 0. The Morgan fingerprint density at radius 3 is 2.65 bits per heavy atom. The SMILES string of the molecule is CC(C)(C)OC(=O)N1CC2(CCOCC2)Oc2ccc(Br)cc21. The smallest absolute Gasteiger partial charge is 0.415 e. The zero-order valence-electron chi connectivity index (χ0n) is 13.7. The van der Waals surface area contributed by atoms with Gasteiger partial charge in [0.25, 0.3) is 0 Å². The summed E-state index contributed by atoms with van der Waals surface area (Å²) < 4.78 is 18.2. The fourth-order valence-electron chi connectivity index (χ4n) is 2.91. The highest BCUT2D eigenvalue weighted by atomic mass is 79.9. The van der Waals surface area contributed by atoms with Gasteiger partial charge in [-0.15, -0.1) is 0 Å². The van der Waals surface area contributed by atoms with E-state index in [1.54, 1.807) is 4.90 Å². The molecule has 3 rings (SSSR count). The van der Waals surface area contributed by atoms with Crippen molar-refractivity contribution in [2.75, 3.05) is 24.7 Å². The van der Waals surface area contributed by atoms with E-state index in [1.807, 2.05) is 39.0 Å². The Labute approximate surface area is 145 Å². The number of rotatable bonds is 0. The summed E-state index contributed by atoms with van der Waals surface area (Å²) in [7, 11) is 0. The first kappa shape index (κ1) is 16.6. The first-order valence-electron chi connectivity index (χ1n) is 7.85. The number of carbonyl (C=O) groups excluding carboxylic acids is 1. The van der Waals surface area contributed by atoms with E-state index in [2.05, 4.69) is 15.9 Å². The number of amides is 1. The van der Waals surface area contributed by atoms with Crippen molar-refractivity contribution >= 4 is 27.7 Å². The largest absolute Gasteiger partial charge is 0.483 e. The van der Waals surface area contributed by atoms with Crippen LogP contribution in [0.15, 0.2) is 22.7 Å². The second-order valence-corrected chi connectivity index (χ2v) is 7.99. The number of fused-ring (bicyclic) bond motifs is 1. The van der Waals surface area contributed by atoms with Crippen LogP contribution in [0.5, 0.6) is 5.75 Å². The summed E-state index contributed by atoms with van der Waals surface area (Å²) >= 11 is 3.46. The summed E-state index contributed by atoms with van der Waals surface area (Å²) in [5.74, 6) is 0.715. The molecule has 126 valence electrons. The second-order valence-electron chi connectivity index (χ2n) is 7.08. The lowest BCUT2D eigenvalue weighted by Gasteiger charge is -2.45. The average Bonchev–Trinajstić information content (AvgIpc) is 2.46. The highest BCUT2D eigenvalue weighted by Crippen LogP contribution is 2.42. The van der Waals surface area contributed by atoms with Crippen molar-refractivity contribution < 1.29 is 19.0 Å². The molecule has 1 fully saturated rings. The Kier molecular flexibility index (Phi) is 4.31. The number of benzene rings is 1. The number of halogens is 1. The van der Waals surface area contributed by atoms with Gasteiger partial charge in [-0.3, -0.25) is 4.90 Å². The summed E-state index contributed by atoms with van der Waals surface area (Å²) in [5.41, 5.74) is -0.189. The van der Waals surface area contributed by atoms with E-state index < -0.39 is 11.2 Å². The van der Waals surface area contributed by atoms with Gasteiger partial charge in [0, 0.05) is 17.3 Å². The number of hydrogen-bond acceptors (Lipinski definition) is 4. The topological polar surface area (TPSA) is 48.0 Å². The molecule has 2 heterocycles. The van der Waals surface area contributed by atoms with Gasteiger partial charge >= 0.3 is 6.09 Å². The van der Waals surface area contributed by atoms with Gasteiger partial charge in [0.2, 0.25) is 0 Å². The zero-order valence-corrected chi connectivity index (χ0v) is 15.3. The minimum Gasteiger partial charge on any atom is -0.483 e. The van der Waals surface area contributed by atoms with Crippen molar-refractivity contribution in [1.82, 2.24) is 0 Å². The summed E-state index contributed by atoms with van der Waals surface area (Å²) in [6, 6.07) is 5.71. The zero-order chi connectivity index (χ0) is 16.7. The van der Waals surface area contributed by atoms with Crippen molar-refractivity contribution in [3.05, 3.63) is 22.7 Å². The van der Waals surface area contributed by atoms with Crippen molar-refractivity contribution in [3.8, 4) is 5.75 Å². The Bertz CT molecular complexity index is 605. The van der Waals surface area contributed by atoms with Gasteiger partial charge in [-0.05, 0) is 39.0 Å². The van der Waals surface area contributed by atoms with Crippen LogP contribution < -0.4 is 9.64 Å². The molecule has 2 aliphatic rings. The van der Waals surface area contributed by atoms with Gasteiger partial charge < -0.3 is 14.2 Å². The molecular formula is C17H22BrNO4. The molecule has 2 aliphatic heterocycles. The maximum atomic E-state index is 12.7. The van der Waals surface area contributed by atoms with E-state index in [0.29, 0.717) is 25.5 Å². The minimum absolute atomic E-state index is 0.342. The predicted octanol–water partition coefficient (Wildman–Crippen LogP) is 4.13. The Morgan fingerprint density at radius 1 is 1.30 bits per heavy atom. The molecule has 0 unspecified atom stereocenters. The van der Waals surface area contributed by atoms with Gasteiger partial charge in [-0.1, -0.05) is 15.9 Å². The highest BCUT2D eigenvalue weighted by Gasteiger charge is 2.44. The molecule has 0 aromatic heterocycles. The van der Waals surface area contributed by atoms with Gasteiger partial charge in [0.1, 0.15) is 17.0 Å². The monoisotopic (exact) mass is 383 g/mol. The first-order valence-corrected chi connectivity index (χ1v) is 8.64. The van der Waals surface area contributed by atoms with Crippen LogP contribution in [0.25, 0.3) is 0 Å². The number of ether oxygens (including phenoxy) is 3. The van der Waals surface area contributed by atoms with Crippen LogP contribution >= 0.6 is 15.9 Å². The summed E-state index contributed by atoms with van der Waals surface area (Å²) in [6.07, 6.45) is 1.19. The quantitative estimate of drug-likeness (QED) is 0.675. The van der Waals surface area contributed by atoms with Crippen molar-refractivity contribution in [1.29, 1.82) is 0 Å². The van der Waals surface area contributed by atoms with Crippen molar-refractivity contribution in [2.45, 2.75) is 44.8 Å². The molecule has 1 saturated heterocycles. The van der Waals surface area contributed by atoms with Crippen LogP contribution in [-0.4, -0.2) is 37.1 Å². The van der Waals surface area contributed by atoms with Gasteiger partial charge in [-0.2, -0.15) is 0 Å². The molecular weight excluding hydrogens is 362 g/mol. The van der Waals surface area contributed by atoms with Gasteiger partial charge in [-0.25, -0.2) is 4.79 Å². The third kappa shape index (κ3) is 3.63.